The van der Waals surface area contributed by atoms with E-state index in [0.29, 0.717) is 6.04 Å². The van der Waals surface area contributed by atoms with Gasteiger partial charge in [0.1, 0.15) is 0 Å². The van der Waals surface area contributed by atoms with Crippen molar-refractivity contribution in [3.63, 3.8) is 0 Å². The highest BCUT2D eigenvalue weighted by Gasteiger charge is 2.09. The fourth-order valence-electron chi connectivity index (χ4n) is 1.23. The third-order valence-electron chi connectivity index (χ3n) is 2.26. The molecule has 0 aliphatic heterocycles. The van der Waals surface area contributed by atoms with Gasteiger partial charge in [0.25, 0.3) is 0 Å². The summed E-state index contributed by atoms with van der Waals surface area (Å²) >= 11 is 1.77. The largest absolute Gasteiger partial charge is 0.351 e. The van der Waals surface area contributed by atoms with E-state index in [9.17, 15) is 0 Å². The molecular weight excluding hydrogens is 194 g/mol. The summed E-state index contributed by atoms with van der Waals surface area (Å²) in [7, 11) is 4.07. The van der Waals surface area contributed by atoms with Crippen LogP contribution in [-0.4, -0.2) is 25.6 Å². The van der Waals surface area contributed by atoms with E-state index in [0.717, 1.165) is 18.1 Å². The molecule has 1 heterocycles. The Morgan fingerprint density at radius 2 is 2.36 bits per heavy atom. The monoisotopic (exact) mass is 213 g/mol. The quantitative estimate of drug-likeness (QED) is 0.813. The van der Waals surface area contributed by atoms with Crippen LogP contribution in [0.5, 0.6) is 0 Å². The van der Waals surface area contributed by atoms with Crippen LogP contribution in [0.3, 0.4) is 0 Å². The van der Waals surface area contributed by atoms with Crippen LogP contribution in [0.25, 0.3) is 0 Å². The van der Waals surface area contributed by atoms with Gasteiger partial charge in [0.2, 0.25) is 0 Å². The van der Waals surface area contributed by atoms with Gasteiger partial charge in [-0.3, -0.25) is 0 Å². The number of nitrogens with one attached hydrogen (secondary N) is 1. The van der Waals surface area contributed by atoms with Crippen LogP contribution in [-0.2, 0) is 0 Å². The lowest BCUT2D eigenvalue weighted by molar-refractivity contribution is 0.662. The van der Waals surface area contributed by atoms with E-state index in [1.54, 1.807) is 11.3 Å². The van der Waals surface area contributed by atoms with Crippen molar-refractivity contribution in [1.29, 1.82) is 0 Å². The minimum atomic E-state index is 0.399. The van der Waals surface area contributed by atoms with Crippen molar-refractivity contribution in [3.05, 3.63) is 11.1 Å². The molecule has 1 rings (SSSR count). The van der Waals surface area contributed by atoms with Crippen molar-refractivity contribution in [3.8, 4) is 0 Å². The number of hydrogen-bond donors (Lipinski definition) is 1. The van der Waals surface area contributed by atoms with Crippen molar-refractivity contribution < 1.29 is 0 Å². The Bertz CT molecular complexity index is 272. The summed E-state index contributed by atoms with van der Waals surface area (Å²) in [5.74, 6) is 0. The van der Waals surface area contributed by atoms with Crippen molar-refractivity contribution in [2.24, 2.45) is 0 Å². The zero-order chi connectivity index (χ0) is 10.6. The lowest BCUT2D eigenvalue weighted by atomic mass is 10.3. The van der Waals surface area contributed by atoms with Crippen molar-refractivity contribution in [2.75, 3.05) is 25.5 Å². The maximum absolute atomic E-state index is 4.41. The predicted octanol–water partition coefficient (Wildman–Crippen LogP) is 2.27. The van der Waals surface area contributed by atoms with Gasteiger partial charge in [-0.15, -0.1) is 11.3 Å². The van der Waals surface area contributed by atoms with Gasteiger partial charge < -0.3 is 10.2 Å². The second-order valence-corrected chi connectivity index (χ2v) is 4.52. The van der Waals surface area contributed by atoms with Crippen LogP contribution in [0.15, 0.2) is 6.20 Å². The minimum absolute atomic E-state index is 0.399. The van der Waals surface area contributed by atoms with Crippen molar-refractivity contribution in [1.82, 2.24) is 10.3 Å². The summed E-state index contributed by atoms with van der Waals surface area (Å²) in [5.41, 5.74) is 0. The first-order valence-electron chi connectivity index (χ1n) is 5.03. The Morgan fingerprint density at radius 1 is 1.64 bits per heavy atom. The molecule has 0 aliphatic rings. The summed E-state index contributed by atoms with van der Waals surface area (Å²) < 4.78 is 0. The van der Waals surface area contributed by atoms with E-state index in [-0.39, 0.29) is 0 Å². The molecule has 0 aromatic carbocycles. The van der Waals surface area contributed by atoms with E-state index < -0.39 is 0 Å². The molecule has 3 nitrogen and oxygen atoms in total. The Morgan fingerprint density at radius 3 is 2.93 bits per heavy atom. The second-order valence-electron chi connectivity index (χ2n) is 3.48. The molecule has 0 amide bonds. The van der Waals surface area contributed by atoms with Gasteiger partial charge >= 0.3 is 0 Å². The number of aromatic nitrogens is 1. The van der Waals surface area contributed by atoms with Gasteiger partial charge in [-0.05, 0) is 20.4 Å². The Kier molecular flexibility index (Phi) is 4.35. The molecule has 0 radical (unpaired) electrons. The molecule has 0 spiro atoms. The van der Waals surface area contributed by atoms with Gasteiger partial charge in [-0.1, -0.05) is 6.92 Å². The van der Waals surface area contributed by atoms with E-state index in [4.69, 9.17) is 0 Å². The summed E-state index contributed by atoms with van der Waals surface area (Å²) in [5, 5.41) is 4.33. The summed E-state index contributed by atoms with van der Waals surface area (Å²) in [6, 6.07) is 0.399. The average molecular weight is 213 g/mol. The predicted molar refractivity (Wildman–Crippen MR) is 63.1 cm³/mol. The average Bonchev–Trinajstić information content (AvgIpc) is 2.66. The molecule has 4 heteroatoms. The van der Waals surface area contributed by atoms with E-state index >= 15 is 0 Å². The lowest BCUT2D eigenvalue weighted by Gasteiger charge is -2.13. The standard InChI is InChI=1S/C10H19N3S/c1-5-6-13(4)10-12-7-9(14-10)8(2)11-3/h7-8,11H,5-6H2,1-4H3. The van der Waals surface area contributed by atoms with E-state index in [1.165, 1.54) is 4.88 Å². The lowest BCUT2D eigenvalue weighted by Crippen LogP contribution is -2.17. The van der Waals surface area contributed by atoms with Gasteiger partial charge in [-0.25, -0.2) is 4.98 Å². The molecular formula is C10H19N3S. The topological polar surface area (TPSA) is 28.2 Å². The molecule has 1 N–H and O–H groups in total. The van der Waals surface area contributed by atoms with Gasteiger partial charge in [0.15, 0.2) is 5.13 Å². The highest BCUT2D eigenvalue weighted by molar-refractivity contribution is 7.15. The number of hydrogen-bond acceptors (Lipinski definition) is 4. The zero-order valence-electron chi connectivity index (χ0n) is 9.37. The van der Waals surface area contributed by atoms with Crippen molar-refractivity contribution >= 4 is 16.5 Å². The van der Waals surface area contributed by atoms with Gasteiger partial charge in [0, 0.05) is 30.7 Å². The summed E-state index contributed by atoms with van der Waals surface area (Å²) in [4.78, 5) is 7.91. The van der Waals surface area contributed by atoms with Crippen LogP contribution in [0.1, 0.15) is 31.2 Å². The molecule has 80 valence electrons. The summed E-state index contributed by atoms with van der Waals surface area (Å²) in [6.45, 7) is 5.40. The minimum Gasteiger partial charge on any atom is -0.351 e. The SMILES string of the molecule is CCCN(C)c1ncc(C(C)NC)s1. The van der Waals surface area contributed by atoms with E-state index in [2.05, 4.69) is 36.1 Å². The van der Waals surface area contributed by atoms with Crippen LogP contribution < -0.4 is 10.2 Å². The fraction of sp³-hybridized carbons (Fsp3) is 0.700. The van der Waals surface area contributed by atoms with Gasteiger partial charge in [-0.2, -0.15) is 0 Å². The Balaban J connectivity index is 2.67. The fourth-order valence-corrected chi connectivity index (χ4v) is 2.19. The van der Waals surface area contributed by atoms with Crippen LogP contribution in [0.4, 0.5) is 5.13 Å². The van der Waals surface area contributed by atoms with Crippen LogP contribution >= 0.6 is 11.3 Å². The van der Waals surface area contributed by atoms with Crippen molar-refractivity contribution in [2.45, 2.75) is 26.3 Å². The third kappa shape index (κ3) is 2.69. The molecule has 14 heavy (non-hydrogen) atoms. The maximum Gasteiger partial charge on any atom is 0.185 e. The second kappa shape index (κ2) is 5.32. The molecule has 1 atom stereocenters. The third-order valence-corrected chi connectivity index (χ3v) is 3.55. The first kappa shape index (κ1) is 11.5. The number of nitrogens with zero attached hydrogens (tertiary/aromatic N) is 2. The molecule has 1 unspecified atom stereocenters. The Labute approximate surface area is 90.2 Å². The Hall–Kier alpha value is -0.610. The maximum atomic E-state index is 4.41. The van der Waals surface area contributed by atoms with E-state index in [1.807, 2.05) is 13.2 Å². The first-order chi connectivity index (χ1) is 6.69. The molecule has 0 fully saturated rings. The smallest absolute Gasteiger partial charge is 0.185 e. The molecule has 0 saturated heterocycles. The molecule has 0 saturated carbocycles. The zero-order valence-corrected chi connectivity index (χ0v) is 10.2. The highest BCUT2D eigenvalue weighted by Crippen LogP contribution is 2.26. The molecule has 0 aliphatic carbocycles. The normalized spacial score (nSPS) is 12.9. The number of thiazole rings is 1. The summed E-state index contributed by atoms with van der Waals surface area (Å²) in [6.07, 6.45) is 3.13. The molecule has 1 aromatic heterocycles. The molecule has 1 aromatic rings. The highest BCUT2D eigenvalue weighted by atomic mass is 32.1. The van der Waals surface area contributed by atoms with Gasteiger partial charge in [0.05, 0.1) is 0 Å². The molecule has 0 bridgehead atoms. The first-order valence-corrected chi connectivity index (χ1v) is 5.84. The number of anilines is 1. The van der Waals surface area contributed by atoms with Crippen LogP contribution in [0, 0.1) is 0 Å². The van der Waals surface area contributed by atoms with Crippen LogP contribution in [0.2, 0.25) is 0 Å². The number of rotatable bonds is 5.